The van der Waals surface area contributed by atoms with E-state index in [-0.39, 0.29) is 5.63 Å². The number of halogens is 1. The minimum Gasteiger partial charge on any atom is -0.494 e. The van der Waals surface area contributed by atoms with Crippen molar-refractivity contribution < 1.29 is 13.9 Å². The molecule has 0 bridgehead atoms. The van der Waals surface area contributed by atoms with Crippen LogP contribution >= 0.6 is 11.6 Å². The van der Waals surface area contributed by atoms with Gasteiger partial charge in [-0.3, -0.25) is 0 Å². The highest BCUT2D eigenvalue weighted by molar-refractivity contribution is 6.32. The Kier molecular flexibility index (Phi) is 6.37. The summed E-state index contributed by atoms with van der Waals surface area (Å²) in [7, 11) is 0. The van der Waals surface area contributed by atoms with Crippen molar-refractivity contribution in [1.29, 1.82) is 0 Å². The van der Waals surface area contributed by atoms with Crippen molar-refractivity contribution in [2.24, 2.45) is 0 Å². The van der Waals surface area contributed by atoms with Crippen LogP contribution in [0.3, 0.4) is 0 Å². The molecule has 6 heteroatoms. The molecule has 0 saturated carbocycles. The summed E-state index contributed by atoms with van der Waals surface area (Å²) >= 11 is 6.21. The minimum atomic E-state index is -0.369. The van der Waals surface area contributed by atoms with Crippen LogP contribution in [0.2, 0.25) is 5.02 Å². The number of hydrogen-bond donors (Lipinski definition) is 1. The predicted octanol–water partition coefficient (Wildman–Crippen LogP) is 4.32. The van der Waals surface area contributed by atoms with Gasteiger partial charge in [-0.25, -0.2) is 4.79 Å². The molecule has 0 aliphatic rings. The van der Waals surface area contributed by atoms with Gasteiger partial charge in [0.2, 0.25) is 0 Å². The predicted molar refractivity (Wildman–Crippen MR) is 107 cm³/mol. The van der Waals surface area contributed by atoms with E-state index in [1.54, 1.807) is 6.07 Å². The van der Waals surface area contributed by atoms with Crippen molar-refractivity contribution in [3.63, 3.8) is 0 Å². The van der Waals surface area contributed by atoms with E-state index in [0.717, 1.165) is 28.0 Å². The summed E-state index contributed by atoms with van der Waals surface area (Å²) < 4.78 is 16.4. The molecule has 1 aromatic heterocycles. The lowest BCUT2D eigenvalue weighted by molar-refractivity contribution is 0.311. The van der Waals surface area contributed by atoms with Crippen LogP contribution in [-0.2, 0) is 6.54 Å². The Bertz CT molecular complexity index is 966. The molecule has 3 aromatic rings. The number of fused-ring (bicyclic) bond motifs is 1. The van der Waals surface area contributed by atoms with E-state index in [1.807, 2.05) is 44.2 Å². The fraction of sp³-hybridized carbons (Fsp3) is 0.286. The molecule has 0 aliphatic carbocycles. The molecule has 5 nitrogen and oxygen atoms in total. The summed E-state index contributed by atoms with van der Waals surface area (Å²) in [6.45, 7) is 6.13. The van der Waals surface area contributed by atoms with E-state index in [1.165, 1.54) is 6.07 Å². The summed E-state index contributed by atoms with van der Waals surface area (Å²) in [5, 5.41) is 4.77. The van der Waals surface area contributed by atoms with Crippen LogP contribution in [0.5, 0.6) is 11.5 Å². The molecule has 0 spiro atoms. The SMILES string of the molecule is CCOc1ccc(OCCNCc2cc(=O)oc3cc(C)c(Cl)cc23)cc1. The zero-order valence-electron chi connectivity index (χ0n) is 15.4. The van der Waals surface area contributed by atoms with Gasteiger partial charge in [-0.2, -0.15) is 0 Å². The number of aryl methyl sites for hydroxylation is 1. The maximum atomic E-state index is 11.8. The molecule has 0 aliphatic heterocycles. The summed E-state index contributed by atoms with van der Waals surface area (Å²) in [5.74, 6) is 1.61. The molecule has 0 radical (unpaired) electrons. The van der Waals surface area contributed by atoms with Gasteiger partial charge in [0.15, 0.2) is 0 Å². The number of nitrogens with one attached hydrogen (secondary N) is 1. The Morgan fingerprint density at radius 2 is 1.78 bits per heavy atom. The summed E-state index contributed by atoms with van der Waals surface area (Å²) in [4.78, 5) is 11.8. The maximum absolute atomic E-state index is 11.8. The molecule has 0 fully saturated rings. The quantitative estimate of drug-likeness (QED) is 0.460. The molecule has 0 unspecified atom stereocenters. The lowest BCUT2D eigenvalue weighted by Crippen LogP contribution is -2.21. The van der Waals surface area contributed by atoms with E-state index in [2.05, 4.69) is 5.32 Å². The number of benzene rings is 2. The molecular formula is C21H22ClNO4. The molecule has 142 valence electrons. The van der Waals surface area contributed by atoms with Gasteiger partial charge >= 0.3 is 5.63 Å². The summed E-state index contributed by atoms with van der Waals surface area (Å²) in [6.07, 6.45) is 0. The zero-order chi connectivity index (χ0) is 19.2. The Morgan fingerprint density at radius 3 is 2.48 bits per heavy atom. The van der Waals surface area contributed by atoms with E-state index in [0.29, 0.717) is 36.9 Å². The second-order valence-electron chi connectivity index (χ2n) is 6.12. The smallest absolute Gasteiger partial charge is 0.336 e. The largest absolute Gasteiger partial charge is 0.494 e. The average molecular weight is 388 g/mol. The van der Waals surface area contributed by atoms with Crippen molar-refractivity contribution in [2.75, 3.05) is 19.8 Å². The molecular weight excluding hydrogens is 366 g/mol. The first-order valence-corrected chi connectivity index (χ1v) is 9.24. The van der Waals surface area contributed by atoms with E-state index in [9.17, 15) is 4.79 Å². The van der Waals surface area contributed by atoms with E-state index >= 15 is 0 Å². The van der Waals surface area contributed by atoms with Crippen LogP contribution in [-0.4, -0.2) is 19.8 Å². The van der Waals surface area contributed by atoms with Crippen molar-refractivity contribution in [3.8, 4) is 11.5 Å². The van der Waals surface area contributed by atoms with Gasteiger partial charge in [-0.05, 0) is 61.4 Å². The summed E-state index contributed by atoms with van der Waals surface area (Å²) in [6, 6.07) is 12.6. The van der Waals surface area contributed by atoms with Crippen molar-refractivity contribution in [1.82, 2.24) is 5.32 Å². The van der Waals surface area contributed by atoms with Crippen LogP contribution in [0.4, 0.5) is 0 Å². The van der Waals surface area contributed by atoms with Gasteiger partial charge in [-0.1, -0.05) is 11.6 Å². The standard InChI is InChI=1S/C21H22ClNO4/c1-3-25-16-4-6-17(7-5-16)26-9-8-23-13-15-11-21(24)27-20-10-14(2)19(22)12-18(15)20/h4-7,10-12,23H,3,8-9,13H2,1-2H3. The van der Waals surface area contributed by atoms with Gasteiger partial charge < -0.3 is 19.2 Å². The zero-order valence-corrected chi connectivity index (χ0v) is 16.1. The Balaban J connectivity index is 1.56. The third kappa shape index (κ3) is 5.02. The lowest BCUT2D eigenvalue weighted by atomic mass is 10.1. The molecule has 1 heterocycles. The van der Waals surface area contributed by atoms with Crippen LogP contribution in [0.25, 0.3) is 11.0 Å². The maximum Gasteiger partial charge on any atom is 0.336 e. The Labute approximate surface area is 162 Å². The molecule has 0 saturated heterocycles. The first kappa shape index (κ1) is 19.3. The molecule has 3 rings (SSSR count). The summed E-state index contributed by atoms with van der Waals surface area (Å²) in [5.41, 5.74) is 1.91. The molecule has 27 heavy (non-hydrogen) atoms. The lowest BCUT2D eigenvalue weighted by Gasteiger charge is -2.10. The highest BCUT2D eigenvalue weighted by Crippen LogP contribution is 2.25. The second kappa shape index (κ2) is 8.93. The highest BCUT2D eigenvalue weighted by atomic mass is 35.5. The highest BCUT2D eigenvalue weighted by Gasteiger charge is 2.08. The topological polar surface area (TPSA) is 60.7 Å². The van der Waals surface area contributed by atoms with Crippen molar-refractivity contribution in [3.05, 3.63) is 69.0 Å². The van der Waals surface area contributed by atoms with Gasteiger partial charge in [0.25, 0.3) is 0 Å². The Morgan fingerprint density at radius 1 is 1.07 bits per heavy atom. The third-order valence-electron chi connectivity index (χ3n) is 4.11. The second-order valence-corrected chi connectivity index (χ2v) is 6.53. The molecule has 0 amide bonds. The fourth-order valence-electron chi connectivity index (χ4n) is 2.76. The molecule has 0 atom stereocenters. The average Bonchev–Trinajstić information content (AvgIpc) is 2.64. The normalized spacial score (nSPS) is 10.9. The third-order valence-corrected chi connectivity index (χ3v) is 4.51. The van der Waals surface area contributed by atoms with Gasteiger partial charge in [0, 0.05) is 29.6 Å². The van der Waals surface area contributed by atoms with Crippen LogP contribution in [0, 0.1) is 6.92 Å². The fourth-order valence-corrected chi connectivity index (χ4v) is 2.92. The van der Waals surface area contributed by atoms with Gasteiger partial charge in [0.05, 0.1) is 6.61 Å². The monoisotopic (exact) mass is 387 g/mol. The number of ether oxygens (including phenoxy) is 2. The van der Waals surface area contributed by atoms with Gasteiger partial charge in [-0.15, -0.1) is 0 Å². The molecule has 1 N–H and O–H groups in total. The van der Waals surface area contributed by atoms with Crippen molar-refractivity contribution in [2.45, 2.75) is 20.4 Å². The van der Waals surface area contributed by atoms with Crippen molar-refractivity contribution >= 4 is 22.6 Å². The first-order chi connectivity index (χ1) is 13.1. The number of hydrogen-bond acceptors (Lipinski definition) is 5. The first-order valence-electron chi connectivity index (χ1n) is 8.86. The van der Waals surface area contributed by atoms with Crippen LogP contribution < -0.4 is 20.4 Å². The van der Waals surface area contributed by atoms with E-state index < -0.39 is 0 Å². The Hall–Kier alpha value is -2.50. The van der Waals surface area contributed by atoms with Crippen LogP contribution in [0.1, 0.15) is 18.1 Å². The van der Waals surface area contributed by atoms with Crippen LogP contribution in [0.15, 0.2) is 51.7 Å². The van der Waals surface area contributed by atoms with Gasteiger partial charge in [0.1, 0.15) is 23.7 Å². The number of rotatable bonds is 8. The molecule has 2 aromatic carbocycles. The minimum absolute atomic E-state index is 0.369. The van der Waals surface area contributed by atoms with E-state index in [4.69, 9.17) is 25.5 Å².